The van der Waals surface area contributed by atoms with Crippen molar-refractivity contribution < 1.29 is 14.3 Å². The number of carbonyl (C=O) groups excluding carboxylic acids is 1. The van der Waals surface area contributed by atoms with E-state index in [0.717, 1.165) is 32.2 Å². The molecule has 2 aromatic carbocycles. The Bertz CT molecular complexity index is 784. The van der Waals surface area contributed by atoms with Gasteiger partial charge in [-0.3, -0.25) is 9.69 Å². The Morgan fingerprint density at radius 1 is 1.00 bits per heavy atom. The normalized spacial score (nSPS) is 14.0. The second-order valence-corrected chi connectivity index (χ2v) is 9.05. The number of carbonyl (C=O) groups is 1. The molecule has 0 bridgehead atoms. The van der Waals surface area contributed by atoms with E-state index in [0.29, 0.717) is 19.6 Å². The SMILES string of the molecule is CCCCC[C@@H](C[C@@H](CC(=O)OC)N(CCCN)[C@@H](C)c1ccccc1)OCc1ccccc1. The lowest BCUT2D eigenvalue weighted by Crippen LogP contribution is -2.42. The van der Waals surface area contributed by atoms with Gasteiger partial charge in [0.05, 0.1) is 26.2 Å². The number of esters is 1. The van der Waals surface area contributed by atoms with Gasteiger partial charge in [0.25, 0.3) is 0 Å². The summed E-state index contributed by atoms with van der Waals surface area (Å²) in [7, 11) is 1.47. The summed E-state index contributed by atoms with van der Waals surface area (Å²) in [5.41, 5.74) is 8.30. The van der Waals surface area contributed by atoms with Crippen LogP contribution in [0.3, 0.4) is 0 Å². The van der Waals surface area contributed by atoms with Crippen LogP contribution < -0.4 is 5.73 Å². The van der Waals surface area contributed by atoms with E-state index in [9.17, 15) is 4.79 Å². The summed E-state index contributed by atoms with van der Waals surface area (Å²) in [5, 5.41) is 0. The lowest BCUT2D eigenvalue weighted by Gasteiger charge is -2.38. The monoisotopic (exact) mass is 468 g/mol. The molecule has 0 aliphatic rings. The fraction of sp³-hybridized carbons (Fsp3) is 0.552. The third-order valence-electron chi connectivity index (χ3n) is 6.49. The Morgan fingerprint density at radius 2 is 1.68 bits per heavy atom. The number of nitrogens with two attached hydrogens (primary N) is 1. The highest BCUT2D eigenvalue weighted by atomic mass is 16.5. The molecule has 34 heavy (non-hydrogen) atoms. The third-order valence-corrected chi connectivity index (χ3v) is 6.49. The molecule has 188 valence electrons. The van der Waals surface area contributed by atoms with Crippen LogP contribution in [0.15, 0.2) is 60.7 Å². The molecular formula is C29H44N2O3. The maximum absolute atomic E-state index is 12.5. The standard InChI is InChI=1S/C29H44N2O3/c1-4-5-8-18-28(34-23-25-14-9-6-10-15-25)21-27(22-29(32)33-3)31(20-13-19-30)24(2)26-16-11-7-12-17-26/h6-7,9-12,14-17,24,27-28H,4-5,8,13,18-23,30H2,1-3H3/t24-,27-,28-/m0/s1. The van der Waals surface area contributed by atoms with Gasteiger partial charge in [0.2, 0.25) is 0 Å². The molecule has 0 heterocycles. The van der Waals surface area contributed by atoms with Crippen molar-refractivity contribution in [2.75, 3.05) is 20.2 Å². The first-order valence-electron chi connectivity index (χ1n) is 12.8. The van der Waals surface area contributed by atoms with Crippen LogP contribution in [0.25, 0.3) is 0 Å². The molecule has 0 fully saturated rings. The van der Waals surface area contributed by atoms with E-state index in [1.165, 1.54) is 31.1 Å². The van der Waals surface area contributed by atoms with E-state index in [2.05, 4.69) is 55.1 Å². The predicted octanol–water partition coefficient (Wildman–Crippen LogP) is 5.89. The molecule has 0 aliphatic heterocycles. The van der Waals surface area contributed by atoms with Crippen molar-refractivity contribution >= 4 is 5.97 Å². The summed E-state index contributed by atoms with van der Waals surface area (Å²) >= 11 is 0. The molecule has 0 radical (unpaired) electrons. The van der Waals surface area contributed by atoms with Gasteiger partial charge < -0.3 is 15.2 Å². The van der Waals surface area contributed by atoms with E-state index < -0.39 is 0 Å². The molecule has 0 saturated heterocycles. The Balaban J connectivity index is 2.24. The van der Waals surface area contributed by atoms with Gasteiger partial charge in [-0.15, -0.1) is 0 Å². The highest BCUT2D eigenvalue weighted by molar-refractivity contribution is 5.69. The van der Waals surface area contributed by atoms with Crippen molar-refractivity contribution in [3.63, 3.8) is 0 Å². The zero-order valence-electron chi connectivity index (χ0n) is 21.3. The summed E-state index contributed by atoms with van der Waals surface area (Å²) in [4.78, 5) is 14.9. The van der Waals surface area contributed by atoms with Gasteiger partial charge in [-0.25, -0.2) is 0 Å². The Morgan fingerprint density at radius 3 is 2.29 bits per heavy atom. The zero-order chi connectivity index (χ0) is 24.6. The molecule has 5 nitrogen and oxygen atoms in total. The van der Waals surface area contributed by atoms with Gasteiger partial charge >= 0.3 is 5.97 Å². The molecule has 0 aliphatic carbocycles. The number of hydrogen-bond acceptors (Lipinski definition) is 5. The van der Waals surface area contributed by atoms with Gasteiger partial charge in [-0.1, -0.05) is 86.8 Å². The van der Waals surface area contributed by atoms with E-state index in [4.69, 9.17) is 15.2 Å². The number of hydrogen-bond donors (Lipinski definition) is 1. The lowest BCUT2D eigenvalue weighted by molar-refractivity contribution is -0.142. The van der Waals surface area contributed by atoms with Crippen molar-refractivity contribution in [3.05, 3.63) is 71.8 Å². The molecule has 0 saturated carbocycles. The average Bonchev–Trinajstić information content (AvgIpc) is 2.88. The third kappa shape index (κ3) is 9.96. The Kier molecular flexibility index (Phi) is 13.5. The van der Waals surface area contributed by atoms with E-state index in [1.54, 1.807) is 0 Å². The van der Waals surface area contributed by atoms with E-state index in [-0.39, 0.29) is 24.2 Å². The van der Waals surface area contributed by atoms with Crippen molar-refractivity contribution in [3.8, 4) is 0 Å². The van der Waals surface area contributed by atoms with Crippen molar-refractivity contribution in [1.29, 1.82) is 0 Å². The van der Waals surface area contributed by atoms with Gasteiger partial charge in [0.15, 0.2) is 0 Å². The zero-order valence-corrected chi connectivity index (χ0v) is 21.3. The minimum atomic E-state index is -0.182. The van der Waals surface area contributed by atoms with Crippen LogP contribution in [0.2, 0.25) is 0 Å². The average molecular weight is 469 g/mol. The fourth-order valence-electron chi connectivity index (χ4n) is 4.48. The molecule has 0 unspecified atom stereocenters. The number of rotatable bonds is 17. The number of methoxy groups -OCH3 is 1. The lowest BCUT2D eigenvalue weighted by atomic mass is 9.96. The second kappa shape index (κ2) is 16.4. The second-order valence-electron chi connectivity index (χ2n) is 9.05. The van der Waals surface area contributed by atoms with E-state index in [1.807, 2.05) is 24.3 Å². The highest BCUT2D eigenvalue weighted by Crippen LogP contribution is 2.28. The summed E-state index contributed by atoms with van der Waals surface area (Å²) in [6, 6.07) is 21.0. The minimum Gasteiger partial charge on any atom is -0.469 e. The number of ether oxygens (including phenoxy) is 2. The summed E-state index contributed by atoms with van der Waals surface area (Å²) < 4.78 is 11.6. The number of nitrogens with zero attached hydrogens (tertiary/aromatic N) is 1. The van der Waals surface area contributed by atoms with Crippen LogP contribution in [-0.2, 0) is 20.9 Å². The van der Waals surface area contributed by atoms with Crippen LogP contribution in [0, 0.1) is 0 Å². The van der Waals surface area contributed by atoms with Crippen LogP contribution in [0.4, 0.5) is 0 Å². The topological polar surface area (TPSA) is 64.8 Å². The van der Waals surface area contributed by atoms with Gasteiger partial charge in [-0.2, -0.15) is 0 Å². The maximum Gasteiger partial charge on any atom is 0.307 e. The first kappa shape index (κ1) is 28.0. The van der Waals surface area contributed by atoms with Crippen molar-refractivity contribution in [2.45, 2.75) is 83.6 Å². The molecule has 0 aromatic heterocycles. The molecule has 0 spiro atoms. The smallest absolute Gasteiger partial charge is 0.307 e. The summed E-state index contributed by atoms with van der Waals surface area (Å²) in [5.74, 6) is -0.182. The molecule has 5 heteroatoms. The van der Waals surface area contributed by atoms with Crippen molar-refractivity contribution in [1.82, 2.24) is 4.90 Å². The predicted molar refractivity (Wildman–Crippen MR) is 139 cm³/mol. The summed E-state index contributed by atoms with van der Waals surface area (Å²) in [6.45, 7) is 6.46. The maximum atomic E-state index is 12.5. The first-order chi connectivity index (χ1) is 16.6. The first-order valence-corrected chi connectivity index (χ1v) is 12.8. The largest absolute Gasteiger partial charge is 0.469 e. The molecule has 3 atom stereocenters. The highest BCUT2D eigenvalue weighted by Gasteiger charge is 2.29. The van der Waals surface area contributed by atoms with E-state index >= 15 is 0 Å². The number of unbranched alkanes of at least 4 members (excludes halogenated alkanes) is 2. The Labute approximate surface area is 206 Å². The van der Waals surface area contributed by atoms with Crippen LogP contribution in [0.5, 0.6) is 0 Å². The molecule has 2 aromatic rings. The molecule has 2 rings (SSSR count). The van der Waals surface area contributed by atoms with Gasteiger partial charge in [0.1, 0.15) is 0 Å². The minimum absolute atomic E-state index is 0.0107. The number of benzene rings is 2. The van der Waals surface area contributed by atoms with Gasteiger partial charge in [0, 0.05) is 18.6 Å². The van der Waals surface area contributed by atoms with Gasteiger partial charge in [-0.05, 0) is 43.9 Å². The molecular weight excluding hydrogens is 424 g/mol. The Hall–Kier alpha value is -2.21. The molecule has 2 N–H and O–H groups in total. The van der Waals surface area contributed by atoms with Crippen LogP contribution in [0.1, 0.15) is 76.0 Å². The van der Waals surface area contributed by atoms with Crippen LogP contribution >= 0.6 is 0 Å². The quantitative estimate of drug-likeness (QED) is 0.232. The molecule has 0 amide bonds. The van der Waals surface area contributed by atoms with Crippen LogP contribution in [-0.4, -0.2) is 43.2 Å². The van der Waals surface area contributed by atoms with Crippen molar-refractivity contribution in [2.24, 2.45) is 5.73 Å². The fourth-order valence-corrected chi connectivity index (χ4v) is 4.48. The summed E-state index contributed by atoms with van der Waals surface area (Å²) in [6.07, 6.45) is 6.55.